The van der Waals surface area contributed by atoms with E-state index in [-0.39, 0.29) is 17.6 Å². The minimum atomic E-state index is -3.94. The molecule has 1 aliphatic carbocycles. The molecular weight excluding hydrogens is 660 g/mol. The van der Waals surface area contributed by atoms with Crippen LogP contribution in [0.1, 0.15) is 67.4 Å². The second-order valence-corrected chi connectivity index (χ2v) is 16.1. The minimum Gasteiger partial charge on any atom is -0.487 e. The third-order valence-electron chi connectivity index (χ3n) is 10.3. The molecule has 0 spiro atoms. The molecule has 2 bridgehead atoms. The predicted octanol–water partition coefficient (Wildman–Crippen LogP) is 7.02. The largest absolute Gasteiger partial charge is 0.487 e. The second kappa shape index (κ2) is 16.0. The molecule has 1 amide bonds. The summed E-state index contributed by atoms with van der Waals surface area (Å²) >= 11 is 6.36. The van der Waals surface area contributed by atoms with Crippen LogP contribution in [0.4, 0.5) is 11.5 Å². The number of anilines is 2. The SMILES string of the molecule is C[C@@H]1[C@@H](C)C/C=C/C(OCCNc2ccccn2)[C@@H]2CC[C@H]2CN2CCCCc3cc(Cl)ccc3COc3ccc(cc32)C(=O)NS1(=O)=O. The maximum Gasteiger partial charge on any atom is 0.264 e. The van der Waals surface area contributed by atoms with Crippen LogP contribution in [0.2, 0.25) is 5.02 Å². The van der Waals surface area contributed by atoms with Gasteiger partial charge >= 0.3 is 0 Å². The van der Waals surface area contributed by atoms with Gasteiger partial charge in [-0.1, -0.05) is 42.8 Å². The van der Waals surface area contributed by atoms with Crippen LogP contribution in [0, 0.1) is 17.8 Å². The van der Waals surface area contributed by atoms with Crippen molar-refractivity contribution in [3.05, 3.63) is 94.7 Å². The zero-order chi connectivity index (χ0) is 34.4. The molecule has 0 radical (unpaired) electrons. The number of halogens is 1. The lowest BCUT2D eigenvalue weighted by Gasteiger charge is -2.44. The van der Waals surface area contributed by atoms with Gasteiger partial charge in [0.25, 0.3) is 5.91 Å². The number of ether oxygens (including phenoxy) is 2. The number of nitrogens with zero attached hydrogens (tertiary/aromatic N) is 2. The number of carbonyl (C=O) groups excluding carboxylic acids is 1. The van der Waals surface area contributed by atoms with E-state index in [1.807, 2.05) is 43.3 Å². The fourth-order valence-electron chi connectivity index (χ4n) is 6.99. The van der Waals surface area contributed by atoms with Crippen LogP contribution in [-0.4, -0.2) is 56.9 Å². The van der Waals surface area contributed by atoms with Gasteiger partial charge in [-0.3, -0.25) is 4.79 Å². The van der Waals surface area contributed by atoms with Crippen molar-refractivity contribution in [1.29, 1.82) is 0 Å². The Morgan fingerprint density at radius 1 is 1.08 bits per heavy atom. The molecule has 3 aliphatic rings. The van der Waals surface area contributed by atoms with Crippen molar-refractivity contribution in [3.8, 4) is 5.75 Å². The highest BCUT2D eigenvalue weighted by Gasteiger charge is 2.38. The monoisotopic (exact) mass is 706 g/mol. The first kappa shape index (κ1) is 35.2. The van der Waals surface area contributed by atoms with Gasteiger partial charge in [0.05, 0.1) is 23.6 Å². The van der Waals surface area contributed by atoms with Crippen molar-refractivity contribution in [3.63, 3.8) is 0 Å². The zero-order valence-corrected chi connectivity index (χ0v) is 29.9. The van der Waals surface area contributed by atoms with Gasteiger partial charge in [0.1, 0.15) is 18.2 Å². The van der Waals surface area contributed by atoms with Crippen LogP contribution in [0.15, 0.2) is 72.9 Å². The van der Waals surface area contributed by atoms with Crippen LogP contribution in [0.5, 0.6) is 5.75 Å². The fourth-order valence-corrected chi connectivity index (χ4v) is 8.47. The molecule has 1 unspecified atom stereocenters. The van der Waals surface area contributed by atoms with Gasteiger partial charge in [-0.2, -0.15) is 0 Å². The Morgan fingerprint density at radius 2 is 1.96 bits per heavy atom. The van der Waals surface area contributed by atoms with E-state index < -0.39 is 21.2 Å². The molecule has 5 atom stereocenters. The van der Waals surface area contributed by atoms with Crippen LogP contribution >= 0.6 is 11.6 Å². The molecule has 49 heavy (non-hydrogen) atoms. The van der Waals surface area contributed by atoms with E-state index in [0.717, 1.165) is 62.3 Å². The summed E-state index contributed by atoms with van der Waals surface area (Å²) in [5.41, 5.74) is 3.35. The van der Waals surface area contributed by atoms with E-state index >= 15 is 0 Å². The molecule has 2 aliphatic heterocycles. The van der Waals surface area contributed by atoms with E-state index in [4.69, 9.17) is 21.1 Å². The van der Waals surface area contributed by atoms with Crippen LogP contribution < -0.4 is 19.7 Å². The molecule has 11 heteroatoms. The lowest BCUT2D eigenvalue weighted by Crippen LogP contribution is -2.44. The number of aromatic nitrogens is 1. The van der Waals surface area contributed by atoms with Crippen molar-refractivity contribution < 1.29 is 22.7 Å². The molecule has 1 saturated carbocycles. The Hall–Kier alpha value is -3.60. The maximum absolute atomic E-state index is 13.5. The van der Waals surface area contributed by atoms with Gasteiger partial charge in [-0.15, -0.1) is 0 Å². The second-order valence-electron chi connectivity index (χ2n) is 13.6. The quantitative estimate of drug-likeness (QED) is 0.215. The Morgan fingerprint density at radius 3 is 2.76 bits per heavy atom. The number of aryl methyl sites for hydroxylation is 1. The van der Waals surface area contributed by atoms with E-state index in [1.165, 1.54) is 5.56 Å². The molecule has 1 fully saturated rings. The molecule has 2 aromatic carbocycles. The first-order valence-electron chi connectivity index (χ1n) is 17.5. The van der Waals surface area contributed by atoms with E-state index in [0.29, 0.717) is 48.8 Å². The van der Waals surface area contributed by atoms with Crippen molar-refractivity contribution in [2.24, 2.45) is 17.8 Å². The third-order valence-corrected chi connectivity index (χ3v) is 12.5. The fraction of sp³-hybridized carbons (Fsp3) is 0.474. The molecule has 1 aromatic heterocycles. The Bertz CT molecular complexity index is 1740. The number of rotatable bonds is 5. The molecular formula is C38H47ClN4O5S. The van der Waals surface area contributed by atoms with E-state index in [1.54, 1.807) is 31.3 Å². The van der Waals surface area contributed by atoms with Crippen LogP contribution in [-0.2, 0) is 27.8 Å². The third kappa shape index (κ3) is 8.77. The van der Waals surface area contributed by atoms with Crippen molar-refractivity contribution >= 4 is 39.0 Å². The first-order chi connectivity index (χ1) is 23.7. The highest BCUT2D eigenvalue weighted by atomic mass is 35.5. The molecule has 262 valence electrons. The smallest absolute Gasteiger partial charge is 0.264 e. The van der Waals surface area contributed by atoms with E-state index in [9.17, 15) is 13.2 Å². The highest BCUT2D eigenvalue weighted by molar-refractivity contribution is 7.90. The van der Waals surface area contributed by atoms with Gasteiger partial charge in [0.15, 0.2) is 0 Å². The van der Waals surface area contributed by atoms with Crippen molar-refractivity contribution in [2.75, 3.05) is 36.5 Å². The Balaban J connectivity index is 1.30. The summed E-state index contributed by atoms with van der Waals surface area (Å²) in [5, 5.41) is 3.27. The zero-order valence-electron chi connectivity index (χ0n) is 28.3. The summed E-state index contributed by atoms with van der Waals surface area (Å²) in [4.78, 5) is 20.2. The number of nitrogens with one attached hydrogen (secondary N) is 2. The minimum absolute atomic E-state index is 0.110. The maximum atomic E-state index is 13.5. The van der Waals surface area contributed by atoms with Crippen molar-refractivity contribution in [1.82, 2.24) is 9.71 Å². The topological polar surface area (TPSA) is 110 Å². The van der Waals surface area contributed by atoms with Crippen molar-refractivity contribution in [2.45, 2.75) is 70.3 Å². The van der Waals surface area contributed by atoms with Crippen LogP contribution in [0.25, 0.3) is 0 Å². The Kier molecular flexibility index (Phi) is 11.5. The normalized spacial score (nSPS) is 26.4. The number of sulfonamides is 1. The summed E-state index contributed by atoms with van der Waals surface area (Å²) < 4.78 is 42.2. The molecule has 0 saturated heterocycles. The Labute approximate surface area is 295 Å². The van der Waals surface area contributed by atoms with Gasteiger partial charge in [0, 0.05) is 36.4 Å². The summed E-state index contributed by atoms with van der Waals surface area (Å²) in [6.07, 6.45) is 11.3. The number of pyridine rings is 1. The standard InChI is InChI=1S/C38H47ClN4O5S/c1-26-8-7-10-35(47-21-19-41-37-11-3-5-18-40-37)33-16-13-30(33)24-43-20-6-4-9-28-22-32(39)15-12-31(28)25-48-36-17-14-29(23-34(36)43)38(44)42-49(45,46)27(26)2/h3,5,7,10-12,14-15,17-18,22-23,26-27,30,33,35H,4,6,8-9,13,16,19-21,24-25H2,1-2H3,(H,40,41)(H,42,44)/b10-7+/t26-,27+,30-,33+,35?/m0/s1. The lowest BCUT2D eigenvalue weighted by molar-refractivity contribution is -0.00974. The molecule has 9 nitrogen and oxygen atoms in total. The molecule has 3 aromatic rings. The molecule has 6 rings (SSSR count). The number of hydrogen-bond donors (Lipinski definition) is 2. The van der Waals surface area contributed by atoms with Gasteiger partial charge in [-0.05, 0) is 117 Å². The molecule has 2 N–H and O–H groups in total. The number of benzene rings is 2. The number of carbonyl (C=O) groups is 1. The summed E-state index contributed by atoms with van der Waals surface area (Å²) in [5.74, 6) is 1.29. The summed E-state index contributed by atoms with van der Waals surface area (Å²) in [6, 6.07) is 17.0. The van der Waals surface area contributed by atoms with Gasteiger partial charge in [-0.25, -0.2) is 18.1 Å². The number of fused-ring (bicyclic) bond motifs is 3. The van der Waals surface area contributed by atoms with E-state index in [2.05, 4.69) is 32.1 Å². The first-order valence-corrected chi connectivity index (χ1v) is 19.4. The average Bonchev–Trinajstić information content (AvgIpc) is 3.11. The highest BCUT2D eigenvalue weighted by Crippen LogP contribution is 2.42. The predicted molar refractivity (Wildman–Crippen MR) is 195 cm³/mol. The summed E-state index contributed by atoms with van der Waals surface area (Å²) in [7, 11) is -3.94. The van der Waals surface area contributed by atoms with Gasteiger partial charge in [0.2, 0.25) is 10.0 Å². The van der Waals surface area contributed by atoms with Gasteiger partial charge < -0.3 is 19.7 Å². The number of hydrogen-bond acceptors (Lipinski definition) is 8. The lowest BCUT2D eigenvalue weighted by atomic mass is 9.70. The number of allylic oxidation sites excluding steroid dienone is 1. The molecule has 3 heterocycles. The summed E-state index contributed by atoms with van der Waals surface area (Å²) in [6.45, 7) is 6.60. The average molecular weight is 707 g/mol. The number of amides is 1. The van der Waals surface area contributed by atoms with Crippen LogP contribution in [0.3, 0.4) is 0 Å².